The summed E-state index contributed by atoms with van der Waals surface area (Å²) in [5.74, 6) is 2.53. The third-order valence-corrected chi connectivity index (χ3v) is 8.46. The molecule has 0 radical (unpaired) electrons. The maximum atomic E-state index is 5.71. The molecule has 0 aromatic heterocycles. The van der Waals surface area contributed by atoms with Gasteiger partial charge >= 0.3 is 0 Å². The van der Waals surface area contributed by atoms with E-state index in [2.05, 4.69) is 26.0 Å². The first kappa shape index (κ1) is 17.8. The summed E-state index contributed by atoms with van der Waals surface area (Å²) in [6, 6.07) is 0. The Labute approximate surface area is 154 Å². The van der Waals surface area contributed by atoms with Crippen LogP contribution >= 0.6 is 0 Å². The van der Waals surface area contributed by atoms with Crippen LogP contribution in [0.2, 0.25) is 0 Å². The van der Waals surface area contributed by atoms with Gasteiger partial charge in [0, 0.05) is 5.41 Å². The highest BCUT2D eigenvalue weighted by Gasteiger charge is 2.58. The van der Waals surface area contributed by atoms with E-state index in [0.717, 1.165) is 24.4 Å². The average molecular weight is 345 g/mol. The number of hydrogen-bond acceptors (Lipinski definition) is 2. The lowest BCUT2D eigenvalue weighted by molar-refractivity contribution is -0.310. The first-order valence-electron chi connectivity index (χ1n) is 10.8. The van der Waals surface area contributed by atoms with E-state index < -0.39 is 0 Å². The predicted molar refractivity (Wildman–Crippen MR) is 102 cm³/mol. The summed E-state index contributed by atoms with van der Waals surface area (Å²) in [5.41, 5.74) is 4.20. The summed E-state index contributed by atoms with van der Waals surface area (Å²) < 4.78 is 0. The zero-order chi connectivity index (χ0) is 17.5. The summed E-state index contributed by atoms with van der Waals surface area (Å²) in [6.07, 6.45) is 17.3. The monoisotopic (exact) mass is 344 g/mol. The molecule has 5 atom stereocenters. The van der Waals surface area contributed by atoms with Crippen LogP contribution in [0.1, 0.15) is 78.6 Å². The van der Waals surface area contributed by atoms with Gasteiger partial charge in [0.05, 0.1) is 13.2 Å². The molecule has 3 saturated carbocycles. The zero-order valence-electron chi connectivity index (χ0n) is 16.5. The molecule has 0 unspecified atom stereocenters. The second-order valence-corrected chi connectivity index (χ2v) is 9.18. The van der Waals surface area contributed by atoms with Gasteiger partial charge in [0.25, 0.3) is 0 Å². The third kappa shape index (κ3) is 2.67. The van der Waals surface area contributed by atoms with Crippen molar-refractivity contribution in [3.05, 3.63) is 23.3 Å². The first-order valence-corrected chi connectivity index (χ1v) is 10.8. The Kier molecular flexibility index (Phi) is 4.88. The van der Waals surface area contributed by atoms with Crippen LogP contribution in [0.5, 0.6) is 0 Å². The van der Waals surface area contributed by atoms with Crippen LogP contribution in [0.15, 0.2) is 23.3 Å². The fraction of sp³-hybridized carbons (Fsp3) is 0.826. The molecule has 140 valence electrons. The Balaban J connectivity index is 1.64. The van der Waals surface area contributed by atoms with Gasteiger partial charge in [-0.1, -0.05) is 36.6 Å². The van der Waals surface area contributed by atoms with Crippen molar-refractivity contribution >= 4 is 0 Å². The molecule has 0 aliphatic heterocycles. The Bertz CT molecular complexity index is 562. The number of allylic oxidation sites excluding steroid dienone is 3. The van der Waals surface area contributed by atoms with E-state index in [1.54, 1.807) is 5.57 Å². The molecule has 25 heavy (non-hydrogen) atoms. The molecular weight excluding hydrogens is 308 g/mol. The summed E-state index contributed by atoms with van der Waals surface area (Å²) in [6.45, 7) is 8.25. The van der Waals surface area contributed by atoms with E-state index in [1.807, 2.05) is 12.5 Å². The molecule has 2 nitrogen and oxygen atoms in total. The second-order valence-electron chi connectivity index (χ2n) is 9.18. The largest absolute Gasteiger partial charge is 0.237 e. The van der Waals surface area contributed by atoms with E-state index in [9.17, 15) is 0 Å². The van der Waals surface area contributed by atoms with Crippen LogP contribution < -0.4 is 0 Å². The Morgan fingerprint density at radius 3 is 2.80 bits per heavy atom. The summed E-state index contributed by atoms with van der Waals surface area (Å²) in [4.78, 5) is 11.0. The van der Waals surface area contributed by atoms with Crippen molar-refractivity contribution in [2.45, 2.75) is 78.6 Å². The molecule has 0 saturated heterocycles. The Morgan fingerprint density at radius 1 is 1.12 bits per heavy atom. The van der Waals surface area contributed by atoms with Crippen molar-refractivity contribution in [2.24, 2.45) is 28.6 Å². The lowest BCUT2D eigenvalue weighted by Crippen LogP contribution is -2.50. The van der Waals surface area contributed by atoms with Crippen molar-refractivity contribution in [1.29, 1.82) is 0 Å². The third-order valence-electron chi connectivity index (χ3n) is 8.46. The van der Waals surface area contributed by atoms with Crippen LogP contribution in [0.3, 0.4) is 0 Å². The molecule has 4 aliphatic carbocycles. The summed E-state index contributed by atoms with van der Waals surface area (Å²) >= 11 is 0. The van der Waals surface area contributed by atoms with Gasteiger partial charge in [-0.25, -0.2) is 9.78 Å². The van der Waals surface area contributed by atoms with E-state index >= 15 is 0 Å². The normalized spacial score (nSPS) is 44.8. The van der Waals surface area contributed by atoms with Crippen LogP contribution in [0.25, 0.3) is 0 Å². The Hall–Kier alpha value is -0.600. The molecule has 0 amide bonds. The fourth-order valence-corrected chi connectivity index (χ4v) is 7.30. The lowest BCUT2D eigenvalue weighted by Gasteiger charge is -2.57. The zero-order valence-corrected chi connectivity index (χ0v) is 16.5. The lowest BCUT2D eigenvalue weighted by atomic mass is 9.48. The smallest absolute Gasteiger partial charge is 0.0918 e. The molecule has 3 fully saturated rings. The number of hydrogen-bond donors (Lipinski definition) is 0. The summed E-state index contributed by atoms with van der Waals surface area (Å²) in [5, 5.41) is 0. The molecule has 0 aromatic rings. The standard InChI is InChI=1S/C23H36O2/c1-4-17-10-12-21-19-11-9-18-8-6-7-14-22(18,3)20(19)13-15-23(17,21)16-25-24-5-2/h4,9,19-21H,5-8,10-16H2,1-3H3/t19-,20+,21+,22+,23+/m1/s1. The number of fused-ring (bicyclic) bond motifs is 5. The quantitative estimate of drug-likeness (QED) is 0.260. The minimum absolute atomic E-state index is 0.251. The molecule has 0 heterocycles. The van der Waals surface area contributed by atoms with Crippen molar-refractivity contribution in [3.8, 4) is 0 Å². The summed E-state index contributed by atoms with van der Waals surface area (Å²) in [7, 11) is 0. The predicted octanol–water partition coefficient (Wildman–Crippen LogP) is 6.23. The molecule has 0 spiro atoms. The molecule has 2 heteroatoms. The highest BCUT2D eigenvalue weighted by atomic mass is 17.2. The minimum atomic E-state index is 0.251. The van der Waals surface area contributed by atoms with E-state index in [-0.39, 0.29) is 5.41 Å². The topological polar surface area (TPSA) is 18.5 Å². The van der Waals surface area contributed by atoms with Crippen LogP contribution in [0, 0.1) is 28.6 Å². The highest BCUT2D eigenvalue weighted by molar-refractivity contribution is 5.29. The second kappa shape index (κ2) is 6.85. The van der Waals surface area contributed by atoms with Crippen LogP contribution in [-0.4, -0.2) is 13.2 Å². The van der Waals surface area contributed by atoms with Crippen LogP contribution in [-0.2, 0) is 9.78 Å². The van der Waals surface area contributed by atoms with Gasteiger partial charge in [-0.3, -0.25) is 0 Å². The molecular formula is C23H36O2. The van der Waals surface area contributed by atoms with Gasteiger partial charge in [-0.15, -0.1) is 0 Å². The van der Waals surface area contributed by atoms with Crippen molar-refractivity contribution in [2.75, 3.05) is 13.2 Å². The highest BCUT2D eigenvalue weighted by Crippen LogP contribution is 2.66. The van der Waals surface area contributed by atoms with E-state index in [4.69, 9.17) is 9.78 Å². The Morgan fingerprint density at radius 2 is 2.00 bits per heavy atom. The van der Waals surface area contributed by atoms with Gasteiger partial charge in [-0.2, -0.15) is 0 Å². The van der Waals surface area contributed by atoms with Gasteiger partial charge in [0.1, 0.15) is 0 Å². The van der Waals surface area contributed by atoms with Crippen LogP contribution in [0.4, 0.5) is 0 Å². The SMILES string of the molecule is CC=C1CC[C@H]2[C@@H]3CC=C4CCCC[C@]4(C)[C@H]3CC[C@]12COOCC. The van der Waals surface area contributed by atoms with Gasteiger partial charge in [0.15, 0.2) is 0 Å². The minimum Gasteiger partial charge on any atom is -0.237 e. The molecule has 4 aliphatic rings. The molecule has 4 rings (SSSR count). The van der Waals surface area contributed by atoms with E-state index in [0.29, 0.717) is 12.0 Å². The van der Waals surface area contributed by atoms with Gasteiger partial charge in [0.2, 0.25) is 0 Å². The van der Waals surface area contributed by atoms with Crippen molar-refractivity contribution in [1.82, 2.24) is 0 Å². The van der Waals surface area contributed by atoms with Crippen molar-refractivity contribution < 1.29 is 9.78 Å². The van der Waals surface area contributed by atoms with Crippen molar-refractivity contribution in [3.63, 3.8) is 0 Å². The van der Waals surface area contributed by atoms with Gasteiger partial charge in [-0.05, 0) is 88.4 Å². The average Bonchev–Trinajstić information content (AvgIpc) is 3.00. The first-order chi connectivity index (χ1) is 12.2. The maximum Gasteiger partial charge on any atom is 0.0918 e. The number of rotatable bonds is 4. The van der Waals surface area contributed by atoms with Gasteiger partial charge < -0.3 is 0 Å². The maximum absolute atomic E-state index is 5.71. The fourth-order valence-electron chi connectivity index (χ4n) is 7.30. The molecule has 0 aromatic carbocycles. The van der Waals surface area contributed by atoms with E-state index in [1.165, 1.54) is 57.8 Å². The molecule has 0 bridgehead atoms. The molecule has 0 N–H and O–H groups in total.